The molecule has 0 spiro atoms. The maximum Gasteiger partial charge on any atom is 0.418 e. The number of hydrogen-bond donors (Lipinski definition) is 1. The van der Waals surface area contributed by atoms with Crippen LogP contribution in [0.1, 0.15) is 12.5 Å². The van der Waals surface area contributed by atoms with Crippen molar-refractivity contribution in [1.82, 2.24) is 0 Å². The predicted molar refractivity (Wildman–Crippen MR) is 129 cm³/mol. The van der Waals surface area contributed by atoms with Crippen molar-refractivity contribution in [3.8, 4) is 5.75 Å². The number of sulfonamides is 1. The molecule has 35 heavy (non-hydrogen) atoms. The Morgan fingerprint density at radius 1 is 0.971 bits per heavy atom. The first-order valence-corrected chi connectivity index (χ1v) is 12.3. The summed E-state index contributed by atoms with van der Waals surface area (Å²) in [4.78, 5) is 12.6. The van der Waals surface area contributed by atoms with E-state index in [-0.39, 0.29) is 15.6 Å². The van der Waals surface area contributed by atoms with Crippen molar-refractivity contribution in [3.63, 3.8) is 0 Å². The zero-order chi connectivity index (χ0) is 25.8. The standard InChI is InChI=1S/C23H19Cl2F3N2O4S/c1-2-34-18-8-6-17(7-9-18)30(35(32,33)19-10-3-15(24)4-11-19)14-22(31)29-21-12-5-16(25)13-20(21)23(26,27)28/h3-13H,2,14H2,1H3,(H,29,31). The lowest BCUT2D eigenvalue weighted by atomic mass is 10.1. The number of amides is 1. The Bertz CT molecular complexity index is 1300. The van der Waals surface area contributed by atoms with Gasteiger partial charge in [-0.3, -0.25) is 9.10 Å². The number of carbonyl (C=O) groups excluding carboxylic acids is 1. The summed E-state index contributed by atoms with van der Waals surface area (Å²) in [5.74, 6) is -0.523. The highest BCUT2D eigenvalue weighted by Gasteiger charge is 2.35. The number of alkyl halides is 3. The minimum atomic E-state index is -4.79. The lowest BCUT2D eigenvalue weighted by molar-refractivity contribution is -0.137. The van der Waals surface area contributed by atoms with Crippen molar-refractivity contribution in [2.24, 2.45) is 0 Å². The van der Waals surface area contributed by atoms with Gasteiger partial charge in [0.1, 0.15) is 12.3 Å². The zero-order valence-electron chi connectivity index (χ0n) is 18.1. The van der Waals surface area contributed by atoms with Crippen LogP contribution in [0.3, 0.4) is 0 Å². The molecule has 0 aromatic heterocycles. The first-order chi connectivity index (χ1) is 16.4. The summed E-state index contributed by atoms with van der Waals surface area (Å²) in [6, 6.07) is 14.0. The highest BCUT2D eigenvalue weighted by molar-refractivity contribution is 7.92. The van der Waals surface area contributed by atoms with Crippen molar-refractivity contribution in [2.45, 2.75) is 18.0 Å². The largest absolute Gasteiger partial charge is 0.494 e. The van der Waals surface area contributed by atoms with Gasteiger partial charge in [-0.1, -0.05) is 23.2 Å². The van der Waals surface area contributed by atoms with Crippen molar-refractivity contribution >= 4 is 50.5 Å². The molecule has 6 nitrogen and oxygen atoms in total. The highest BCUT2D eigenvalue weighted by atomic mass is 35.5. The summed E-state index contributed by atoms with van der Waals surface area (Å²) >= 11 is 11.5. The summed E-state index contributed by atoms with van der Waals surface area (Å²) in [5.41, 5.74) is -1.61. The molecule has 3 aromatic rings. The number of nitrogens with one attached hydrogen (secondary N) is 1. The van der Waals surface area contributed by atoms with E-state index in [1.165, 1.54) is 54.6 Å². The molecular weight excluding hydrogens is 528 g/mol. The third-order valence-corrected chi connectivity index (χ3v) is 6.96. The molecule has 186 valence electrons. The number of nitrogens with zero attached hydrogens (tertiary/aromatic N) is 1. The molecule has 1 amide bonds. The summed E-state index contributed by atoms with van der Waals surface area (Å²) in [7, 11) is -4.30. The molecule has 0 atom stereocenters. The fourth-order valence-electron chi connectivity index (χ4n) is 3.10. The fourth-order valence-corrected chi connectivity index (χ4v) is 4.82. The quantitative estimate of drug-likeness (QED) is 0.362. The van der Waals surface area contributed by atoms with Crippen LogP contribution < -0.4 is 14.4 Å². The molecule has 0 radical (unpaired) electrons. The Balaban J connectivity index is 1.97. The Hall–Kier alpha value is -2.95. The van der Waals surface area contributed by atoms with Gasteiger partial charge in [0, 0.05) is 10.0 Å². The van der Waals surface area contributed by atoms with Gasteiger partial charge < -0.3 is 10.1 Å². The Morgan fingerprint density at radius 2 is 1.57 bits per heavy atom. The normalized spacial score (nSPS) is 11.7. The van der Waals surface area contributed by atoms with Crippen molar-refractivity contribution in [1.29, 1.82) is 0 Å². The number of anilines is 2. The summed E-state index contributed by atoms with van der Waals surface area (Å²) in [6.07, 6.45) is -4.79. The molecule has 0 aliphatic carbocycles. The van der Waals surface area contributed by atoms with Gasteiger partial charge >= 0.3 is 6.18 Å². The molecule has 0 heterocycles. The van der Waals surface area contributed by atoms with E-state index in [4.69, 9.17) is 27.9 Å². The average molecular weight is 547 g/mol. The predicted octanol–water partition coefficient (Wildman–Crippen LogP) is 6.24. The van der Waals surface area contributed by atoms with E-state index in [9.17, 15) is 26.4 Å². The van der Waals surface area contributed by atoms with Crippen LogP contribution in [0.4, 0.5) is 24.5 Å². The smallest absolute Gasteiger partial charge is 0.418 e. The highest BCUT2D eigenvalue weighted by Crippen LogP contribution is 2.36. The molecule has 3 rings (SSSR count). The van der Waals surface area contributed by atoms with Crippen LogP contribution in [0.25, 0.3) is 0 Å². The minimum Gasteiger partial charge on any atom is -0.494 e. The third kappa shape index (κ3) is 6.59. The lowest BCUT2D eigenvalue weighted by Gasteiger charge is -2.25. The van der Waals surface area contributed by atoms with Crippen molar-refractivity contribution < 1.29 is 31.1 Å². The molecule has 3 aromatic carbocycles. The van der Waals surface area contributed by atoms with E-state index in [2.05, 4.69) is 5.32 Å². The van der Waals surface area contributed by atoms with Crippen molar-refractivity contribution in [3.05, 3.63) is 82.3 Å². The van der Waals surface area contributed by atoms with Gasteiger partial charge in [-0.2, -0.15) is 13.2 Å². The van der Waals surface area contributed by atoms with Gasteiger partial charge in [0.2, 0.25) is 5.91 Å². The van der Waals surface area contributed by atoms with Gasteiger partial charge in [0.15, 0.2) is 0 Å². The Morgan fingerprint density at radius 3 is 2.14 bits per heavy atom. The van der Waals surface area contributed by atoms with Crippen LogP contribution in [0.5, 0.6) is 5.75 Å². The van der Waals surface area contributed by atoms with Gasteiger partial charge in [-0.25, -0.2) is 8.42 Å². The summed E-state index contributed by atoms with van der Waals surface area (Å²) < 4.78 is 73.2. The lowest BCUT2D eigenvalue weighted by Crippen LogP contribution is -2.38. The second-order valence-electron chi connectivity index (χ2n) is 7.13. The molecule has 0 aliphatic heterocycles. The van der Waals surface area contributed by atoms with Crippen LogP contribution in [0.15, 0.2) is 71.6 Å². The van der Waals surface area contributed by atoms with Crippen LogP contribution in [0, 0.1) is 0 Å². The summed E-state index contributed by atoms with van der Waals surface area (Å²) in [5, 5.41) is 2.27. The molecule has 0 aliphatic rings. The second-order valence-corrected chi connectivity index (χ2v) is 9.86. The topological polar surface area (TPSA) is 75.7 Å². The van der Waals surface area contributed by atoms with E-state index in [1.807, 2.05) is 0 Å². The van der Waals surface area contributed by atoms with Crippen LogP contribution >= 0.6 is 23.2 Å². The minimum absolute atomic E-state index is 0.103. The molecular formula is C23H19Cl2F3N2O4S. The van der Waals surface area contributed by atoms with Crippen LogP contribution in [-0.4, -0.2) is 27.5 Å². The van der Waals surface area contributed by atoms with Crippen molar-refractivity contribution in [2.75, 3.05) is 22.8 Å². The molecule has 0 fully saturated rings. The average Bonchev–Trinajstić information content (AvgIpc) is 2.79. The van der Waals surface area contributed by atoms with Gasteiger partial charge in [0.05, 0.1) is 28.4 Å². The number of benzene rings is 3. The Labute approximate surface area is 210 Å². The molecule has 12 heteroatoms. The molecule has 1 N–H and O–H groups in total. The molecule has 0 unspecified atom stereocenters. The van der Waals surface area contributed by atoms with Gasteiger partial charge in [0.25, 0.3) is 10.0 Å². The third-order valence-electron chi connectivity index (χ3n) is 4.69. The van der Waals surface area contributed by atoms with Crippen LogP contribution in [-0.2, 0) is 21.0 Å². The molecule has 0 bridgehead atoms. The number of carbonyl (C=O) groups is 1. The molecule has 0 saturated carbocycles. The van der Waals surface area contributed by atoms with E-state index < -0.39 is 39.9 Å². The van der Waals surface area contributed by atoms with E-state index in [0.717, 1.165) is 10.4 Å². The maximum absolute atomic E-state index is 13.4. The summed E-state index contributed by atoms with van der Waals surface area (Å²) in [6.45, 7) is 1.36. The number of rotatable bonds is 8. The fraction of sp³-hybridized carbons (Fsp3) is 0.174. The number of hydrogen-bond acceptors (Lipinski definition) is 4. The second kappa shape index (κ2) is 10.8. The SMILES string of the molecule is CCOc1ccc(N(CC(=O)Nc2ccc(Cl)cc2C(F)(F)F)S(=O)(=O)c2ccc(Cl)cc2)cc1. The monoisotopic (exact) mass is 546 g/mol. The first kappa shape index (κ1) is 26.7. The van der Waals surface area contributed by atoms with E-state index in [1.54, 1.807) is 6.92 Å². The number of ether oxygens (including phenoxy) is 1. The van der Waals surface area contributed by atoms with E-state index >= 15 is 0 Å². The molecule has 0 saturated heterocycles. The zero-order valence-corrected chi connectivity index (χ0v) is 20.5. The van der Waals surface area contributed by atoms with E-state index in [0.29, 0.717) is 23.4 Å². The van der Waals surface area contributed by atoms with Crippen LogP contribution in [0.2, 0.25) is 10.0 Å². The Kier molecular flexibility index (Phi) is 8.19. The van der Waals surface area contributed by atoms with Gasteiger partial charge in [-0.15, -0.1) is 0 Å². The number of halogens is 5. The first-order valence-electron chi connectivity index (χ1n) is 10.1. The van der Waals surface area contributed by atoms with Gasteiger partial charge in [-0.05, 0) is 73.7 Å². The maximum atomic E-state index is 13.4.